The lowest BCUT2D eigenvalue weighted by Gasteiger charge is -2.18. The zero-order valence-corrected chi connectivity index (χ0v) is 20.9. The molecule has 0 aromatic heterocycles. The minimum atomic E-state index is -0.616. The minimum absolute atomic E-state index is 0.0740. The maximum absolute atomic E-state index is 12.9. The second kappa shape index (κ2) is 13.1. The van der Waals surface area contributed by atoms with Crippen molar-refractivity contribution in [3.8, 4) is 11.5 Å². The van der Waals surface area contributed by atoms with Gasteiger partial charge in [-0.3, -0.25) is 20.9 Å². The van der Waals surface area contributed by atoms with E-state index in [0.717, 1.165) is 0 Å². The lowest BCUT2D eigenvalue weighted by atomic mass is 10.1. The van der Waals surface area contributed by atoms with E-state index in [1.165, 1.54) is 23.1 Å². The Balaban J connectivity index is 1.80. The highest BCUT2D eigenvalue weighted by molar-refractivity contribution is 6.07. The minimum Gasteiger partial charge on any atom is -0.478 e. The van der Waals surface area contributed by atoms with Crippen molar-refractivity contribution in [3.63, 3.8) is 0 Å². The van der Waals surface area contributed by atoms with Crippen molar-refractivity contribution in [1.29, 1.82) is 5.41 Å². The van der Waals surface area contributed by atoms with Crippen molar-refractivity contribution in [2.24, 2.45) is 5.16 Å². The first-order valence-corrected chi connectivity index (χ1v) is 11.6. The van der Waals surface area contributed by atoms with Crippen LogP contribution in [-0.2, 0) is 25.6 Å². The van der Waals surface area contributed by atoms with Gasteiger partial charge in [0.1, 0.15) is 11.5 Å². The van der Waals surface area contributed by atoms with Gasteiger partial charge in [-0.2, -0.15) is 0 Å². The number of ether oxygens (including phenoxy) is 4. The monoisotopic (exact) mass is 528 g/mol. The summed E-state index contributed by atoms with van der Waals surface area (Å²) in [4.78, 5) is 37.9. The number of benzene rings is 2. The van der Waals surface area contributed by atoms with E-state index in [-0.39, 0.29) is 55.3 Å². The number of rotatable bonds is 12. The number of hydrogen-bond donors (Lipinski definition) is 4. The molecule has 2 aromatic carbocycles. The molecule has 0 saturated carbocycles. The fourth-order valence-electron chi connectivity index (χ4n) is 3.69. The third-order valence-electron chi connectivity index (χ3n) is 5.42. The van der Waals surface area contributed by atoms with Crippen LogP contribution in [0.5, 0.6) is 11.5 Å². The fraction of sp³-hybridized carbons (Fsp3) is 0.320. The van der Waals surface area contributed by atoms with E-state index in [1.807, 2.05) is 0 Å². The van der Waals surface area contributed by atoms with Gasteiger partial charge in [0.15, 0.2) is 24.7 Å². The van der Waals surface area contributed by atoms with E-state index in [2.05, 4.69) is 5.16 Å². The van der Waals surface area contributed by atoms with Gasteiger partial charge >= 0.3 is 11.9 Å². The van der Waals surface area contributed by atoms with Crippen LogP contribution in [0, 0.1) is 5.41 Å². The standard InChI is InChI=1S/C25H28N4O9/c1-3-35-22(30)13-37-20-8-6-15(10-21(20)38-14-23(31)36-4-2)19(27-33)12-29-11-17-9-16(24(26)28-34)5-7-18(17)25(29)32/h5-10,33-34H,3-4,11-14H2,1-2H3,(H2,26,28). The Morgan fingerprint density at radius 1 is 1.00 bits per heavy atom. The molecule has 0 radical (unpaired) electrons. The summed E-state index contributed by atoms with van der Waals surface area (Å²) in [5, 5.41) is 29.8. The molecular formula is C25H28N4O9. The molecule has 13 nitrogen and oxygen atoms in total. The lowest BCUT2D eigenvalue weighted by molar-refractivity contribution is -0.146. The molecule has 1 aliphatic rings. The summed E-state index contributed by atoms with van der Waals surface area (Å²) in [7, 11) is 0. The predicted molar refractivity (Wildman–Crippen MR) is 132 cm³/mol. The summed E-state index contributed by atoms with van der Waals surface area (Å²) in [6.07, 6.45) is 0. The van der Waals surface area contributed by atoms with E-state index in [4.69, 9.17) is 29.6 Å². The Hall–Kier alpha value is -4.65. The smallest absolute Gasteiger partial charge is 0.344 e. The Morgan fingerprint density at radius 2 is 1.63 bits per heavy atom. The van der Waals surface area contributed by atoms with Gasteiger partial charge in [-0.15, -0.1) is 0 Å². The number of hydrogen-bond acceptors (Lipinski definition) is 11. The first-order chi connectivity index (χ1) is 18.3. The summed E-state index contributed by atoms with van der Waals surface area (Å²) in [6, 6.07) is 9.19. The van der Waals surface area contributed by atoms with Gasteiger partial charge in [-0.05, 0) is 49.7 Å². The average Bonchev–Trinajstić information content (AvgIpc) is 3.23. The molecule has 4 N–H and O–H groups in total. The fourth-order valence-corrected chi connectivity index (χ4v) is 3.69. The van der Waals surface area contributed by atoms with Gasteiger partial charge in [-0.25, -0.2) is 9.59 Å². The van der Waals surface area contributed by atoms with E-state index >= 15 is 0 Å². The van der Waals surface area contributed by atoms with Gasteiger partial charge in [0.25, 0.3) is 5.91 Å². The van der Waals surface area contributed by atoms with Gasteiger partial charge in [0, 0.05) is 23.2 Å². The van der Waals surface area contributed by atoms with Gasteiger partial charge in [0.05, 0.1) is 19.8 Å². The Kier molecular flexibility index (Phi) is 9.60. The molecule has 0 aliphatic carbocycles. The van der Waals surface area contributed by atoms with Crippen molar-refractivity contribution in [2.75, 3.05) is 33.0 Å². The molecular weight excluding hydrogens is 500 g/mol. The number of hydroxylamine groups is 1. The summed E-state index contributed by atoms with van der Waals surface area (Å²) in [6.45, 7) is 2.96. The van der Waals surface area contributed by atoms with Crippen LogP contribution in [-0.4, -0.2) is 77.7 Å². The van der Waals surface area contributed by atoms with Gasteiger partial charge in [-0.1, -0.05) is 11.2 Å². The van der Waals surface area contributed by atoms with E-state index in [0.29, 0.717) is 22.3 Å². The predicted octanol–water partition coefficient (Wildman–Crippen LogP) is 1.71. The summed E-state index contributed by atoms with van der Waals surface area (Å²) >= 11 is 0. The van der Waals surface area contributed by atoms with Crippen LogP contribution >= 0.6 is 0 Å². The largest absolute Gasteiger partial charge is 0.478 e. The Morgan fingerprint density at radius 3 is 2.24 bits per heavy atom. The normalized spacial score (nSPS) is 12.6. The molecule has 0 atom stereocenters. The van der Waals surface area contributed by atoms with Crippen LogP contribution in [0.25, 0.3) is 0 Å². The summed E-state index contributed by atoms with van der Waals surface area (Å²) < 4.78 is 20.8. The van der Waals surface area contributed by atoms with Crippen LogP contribution < -0.4 is 15.0 Å². The molecule has 1 heterocycles. The molecule has 2 aromatic rings. The molecule has 0 spiro atoms. The summed E-state index contributed by atoms with van der Waals surface area (Å²) in [5.74, 6) is -1.50. The van der Waals surface area contributed by atoms with Crippen molar-refractivity contribution < 1.29 is 43.7 Å². The van der Waals surface area contributed by atoms with Crippen molar-refractivity contribution >= 4 is 29.4 Å². The lowest BCUT2D eigenvalue weighted by Crippen LogP contribution is -2.30. The number of carbonyl (C=O) groups excluding carboxylic acids is 3. The quantitative estimate of drug-likeness (QED) is 0.104. The molecule has 0 unspecified atom stereocenters. The first kappa shape index (κ1) is 27.9. The van der Waals surface area contributed by atoms with Crippen LogP contribution in [0.15, 0.2) is 41.6 Å². The summed E-state index contributed by atoms with van der Waals surface area (Å²) in [5.41, 5.74) is 3.73. The van der Waals surface area contributed by atoms with Crippen molar-refractivity contribution in [2.45, 2.75) is 20.4 Å². The number of carbonyl (C=O) groups is 3. The highest BCUT2D eigenvalue weighted by Crippen LogP contribution is 2.30. The second-order valence-corrected chi connectivity index (χ2v) is 7.92. The van der Waals surface area contributed by atoms with Gasteiger partial charge < -0.3 is 29.1 Å². The highest BCUT2D eigenvalue weighted by atomic mass is 16.6. The topological polar surface area (TPSA) is 180 Å². The number of nitrogens with zero attached hydrogens (tertiary/aromatic N) is 2. The Labute approximate surface area is 218 Å². The number of amides is 1. The number of fused-ring (bicyclic) bond motifs is 1. The molecule has 0 saturated heterocycles. The van der Waals surface area contributed by atoms with Gasteiger partial charge in [0.2, 0.25) is 0 Å². The zero-order chi connectivity index (χ0) is 27.7. The number of nitrogens with one attached hydrogen (secondary N) is 2. The molecule has 38 heavy (non-hydrogen) atoms. The van der Waals surface area contributed by atoms with Crippen LogP contribution in [0.2, 0.25) is 0 Å². The van der Waals surface area contributed by atoms with E-state index in [1.54, 1.807) is 37.5 Å². The number of esters is 2. The molecule has 202 valence electrons. The van der Waals surface area contributed by atoms with E-state index in [9.17, 15) is 19.6 Å². The molecule has 0 bridgehead atoms. The van der Waals surface area contributed by atoms with E-state index < -0.39 is 25.2 Å². The molecule has 0 fully saturated rings. The third-order valence-corrected chi connectivity index (χ3v) is 5.42. The van der Waals surface area contributed by atoms with Crippen LogP contribution in [0.3, 0.4) is 0 Å². The zero-order valence-electron chi connectivity index (χ0n) is 20.9. The molecule has 1 aliphatic heterocycles. The number of amidine groups is 1. The third kappa shape index (κ3) is 6.76. The van der Waals surface area contributed by atoms with Crippen molar-refractivity contribution in [1.82, 2.24) is 10.4 Å². The number of oxime groups is 1. The van der Waals surface area contributed by atoms with Crippen LogP contribution in [0.4, 0.5) is 0 Å². The Bertz CT molecular complexity index is 1250. The SMILES string of the molecule is CCOC(=O)COc1ccc(C(CN2Cc3cc(C(=N)NO)ccc3C2=O)=NO)cc1OCC(=O)OCC. The van der Waals surface area contributed by atoms with Crippen LogP contribution in [0.1, 0.15) is 40.9 Å². The molecule has 1 amide bonds. The molecule has 3 rings (SSSR count). The second-order valence-electron chi connectivity index (χ2n) is 7.92. The average molecular weight is 529 g/mol. The first-order valence-electron chi connectivity index (χ1n) is 11.6. The maximum atomic E-state index is 12.9. The maximum Gasteiger partial charge on any atom is 0.344 e. The highest BCUT2D eigenvalue weighted by Gasteiger charge is 2.29. The van der Waals surface area contributed by atoms with Crippen molar-refractivity contribution in [3.05, 3.63) is 58.7 Å². The molecule has 13 heteroatoms.